The summed E-state index contributed by atoms with van der Waals surface area (Å²) in [7, 11) is -4.14. The van der Waals surface area contributed by atoms with E-state index in [4.69, 9.17) is 9.29 Å². The summed E-state index contributed by atoms with van der Waals surface area (Å²) in [4.78, 5) is 21.1. The van der Waals surface area contributed by atoms with E-state index in [1.54, 1.807) is 23.1 Å². The van der Waals surface area contributed by atoms with Crippen LogP contribution in [0.2, 0.25) is 0 Å². The van der Waals surface area contributed by atoms with E-state index in [-0.39, 0.29) is 42.7 Å². The topological polar surface area (TPSA) is 100 Å². The van der Waals surface area contributed by atoms with E-state index >= 15 is 0 Å². The molecule has 1 aromatic carbocycles. The second kappa shape index (κ2) is 10.9. The number of nitrogens with zero attached hydrogens (tertiary/aromatic N) is 3. The Morgan fingerprint density at radius 2 is 1.94 bits per heavy atom. The molecule has 8 nitrogen and oxygen atoms in total. The van der Waals surface area contributed by atoms with Crippen LogP contribution in [0.25, 0.3) is 0 Å². The predicted octanol–water partition coefficient (Wildman–Crippen LogP) is 2.91. The maximum absolute atomic E-state index is 13.2. The molecule has 1 fully saturated rings. The Hall–Kier alpha value is -2.08. The third kappa shape index (κ3) is 7.46. The first-order valence-corrected chi connectivity index (χ1v) is 12.9. The predicted molar refractivity (Wildman–Crippen MR) is 125 cm³/mol. The molecule has 11 heteroatoms. The Bertz CT molecular complexity index is 1080. The summed E-state index contributed by atoms with van der Waals surface area (Å²) in [6, 6.07) is 8.13. The Labute approximate surface area is 201 Å². The normalized spacial score (nSPS) is 19.5. The van der Waals surface area contributed by atoms with Gasteiger partial charge in [-0.15, -0.1) is 0 Å². The lowest BCUT2D eigenvalue weighted by Crippen LogP contribution is -2.58. The van der Waals surface area contributed by atoms with Gasteiger partial charge in [0, 0.05) is 48.0 Å². The van der Waals surface area contributed by atoms with Crippen LogP contribution < -0.4 is 4.74 Å². The summed E-state index contributed by atoms with van der Waals surface area (Å²) >= 11 is 3.28. The Balaban J connectivity index is 1.59. The van der Waals surface area contributed by atoms with Crippen molar-refractivity contribution in [2.75, 3.05) is 25.4 Å². The van der Waals surface area contributed by atoms with Crippen LogP contribution >= 0.6 is 15.9 Å². The van der Waals surface area contributed by atoms with Crippen molar-refractivity contribution in [3.8, 4) is 5.88 Å². The molecule has 0 radical (unpaired) electrons. The zero-order chi connectivity index (χ0) is 24.2. The Morgan fingerprint density at radius 1 is 1.24 bits per heavy atom. The monoisotopic (exact) mass is 543 g/mol. The van der Waals surface area contributed by atoms with Crippen LogP contribution in [-0.4, -0.2) is 71.2 Å². The SMILES string of the molecule is C[C@@H]1CN(Cc2ccc(F)cc2)[C@@H](C)CN1C(=O)COc1ncc(Br)cc1CCS(=O)(=O)O. The molecule has 1 N–H and O–H groups in total. The number of hydrogen-bond acceptors (Lipinski definition) is 6. The number of aryl methyl sites for hydroxylation is 1. The first-order chi connectivity index (χ1) is 15.5. The zero-order valence-electron chi connectivity index (χ0n) is 18.4. The van der Waals surface area contributed by atoms with Crippen LogP contribution in [0.1, 0.15) is 25.0 Å². The van der Waals surface area contributed by atoms with Gasteiger partial charge in [-0.25, -0.2) is 9.37 Å². The van der Waals surface area contributed by atoms with Crippen LogP contribution in [0.5, 0.6) is 5.88 Å². The standard InChI is InChI=1S/C22H27BrFN3O5S/c1-15-12-27(16(2)11-26(15)13-17-3-5-20(24)6-4-17)21(28)14-32-22-18(7-8-33(29,30)31)9-19(23)10-25-22/h3-6,9-10,15-16H,7-8,11-14H2,1-2H3,(H,29,30,31)/t15-,16+/m0/s1. The van der Waals surface area contributed by atoms with Crippen molar-refractivity contribution >= 4 is 32.0 Å². The molecule has 0 unspecified atom stereocenters. The van der Waals surface area contributed by atoms with Crippen molar-refractivity contribution in [1.82, 2.24) is 14.8 Å². The third-order valence-corrected chi connectivity index (χ3v) is 6.74. The fourth-order valence-corrected chi connectivity index (χ4v) is 4.68. The summed E-state index contributed by atoms with van der Waals surface area (Å²) in [5.74, 6) is -0.774. The van der Waals surface area contributed by atoms with Crippen LogP contribution in [0.4, 0.5) is 4.39 Å². The minimum absolute atomic E-state index is 0.00426. The molecule has 0 saturated carbocycles. The van der Waals surface area contributed by atoms with Gasteiger partial charge in [-0.05, 0) is 60.0 Å². The number of pyridine rings is 1. The molecule has 0 aliphatic carbocycles. The number of amides is 1. The average Bonchev–Trinajstić information content (AvgIpc) is 2.74. The third-order valence-electron chi connectivity index (χ3n) is 5.59. The smallest absolute Gasteiger partial charge is 0.265 e. The lowest BCUT2D eigenvalue weighted by atomic mass is 10.1. The van der Waals surface area contributed by atoms with E-state index in [0.717, 1.165) is 5.56 Å². The molecule has 1 amide bonds. The van der Waals surface area contributed by atoms with Crippen molar-refractivity contribution in [3.63, 3.8) is 0 Å². The van der Waals surface area contributed by atoms with Crippen molar-refractivity contribution < 1.29 is 26.9 Å². The lowest BCUT2D eigenvalue weighted by molar-refractivity contribution is -0.139. The van der Waals surface area contributed by atoms with E-state index in [9.17, 15) is 17.6 Å². The van der Waals surface area contributed by atoms with E-state index in [2.05, 4.69) is 25.8 Å². The first kappa shape index (κ1) is 25.5. The van der Waals surface area contributed by atoms with E-state index in [1.807, 2.05) is 13.8 Å². The molecule has 33 heavy (non-hydrogen) atoms. The van der Waals surface area contributed by atoms with Crippen molar-refractivity contribution in [1.29, 1.82) is 0 Å². The molecule has 0 bridgehead atoms. The number of rotatable bonds is 8. The second-order valence-corrected chi connectivity index (χ2v) is 10.7. The molecule has 1 aliphatic rings. The minimum Gasteiger partial charge on any atom is -0.467 e. The summed E-state index contributed by atoms with van der Waals surface area (Å²) in [6.45, 7) is 5.64. The van der Waals surface area contributed by atoms with Gasteiger partial charge in [-0.2, -0.15) is 8.42 Å². The second-order valence-electron chi connectivity index (χ2n) is 8.24. The molecule has 0 spiro atoms. The summed E-state index contributed by atoms with van der Waals surface area (Å²) in [5, 5.41) is 0. The van der Waals surface area contributed by atoms with Gasteiger partial charge in [-0.3, -0.25) is 14.2 Å². The Morgan fingerprint density at radius 3 is 2.61 bits per heavy atom. The minimum atomic E-state index is -4.14. The van der Waals surface area contributed by atoms with Gasteiger partial charge in [0.25, 0.3) is 16.0 Å². The van der Waals surface area contributed by atoms with Gasteiger partial charge < -0.3 is 9.64 Å². The van der Waals surface area contributed by atoms with Crippen LogP contribution in [-0.2, 0) is 27.9 Å². The lowest BCUT2D eigenvalue weighted by Gasteiger charge is -2.44. The van der Waals surface area contributed by atoms with Crippen molar-refractivity contribution in [2.24, 2.45) is 0 Å². The largest absolute Gasteiger partial charge is 0.467 e. The number of carbonyl (C=O) groups is 1. The molecule has 2 atom stereocenters. The van der Waals surface area contributed by atoms with Crippen LogP contribution in [0, 0.1) is 5.82 Å². The molecule has 2 aromatic rings. The maximum atomic E-state index is 13.2. The maximum Gasteiger partial charge on any atom is 0.265 e. The molecule has 1 aliphatic heterocycles. The number of carbonyl (C=O) groups excluding carboxylic acids is 1. The van der Waals surface area contributed by atoms with Gasteiger partial charge in [0.2, 0.25) is 5.88 Å². The molecule has 180 valence electrons. The summed E-state index contributed by atoms with van der Waals surface area (Å²) in [6.07, 6.45) is 1.50. The molecule has 1 aromatic heterocycles. The van der Waals surface area contributed by atoms with Crippen molar-refractivity contribution in [3.05, 3.63) is 57.9 Å². The fraction of sp³-hybridized carbons (Fsp3) is 0.455. The zero-order valence-corrected chi connectivity index (χ0v) is 20.8. The number of aromatic nitrogens is 1. The molecule has 3 rings (SSSR count). The van der Waals surface area contributed by atoms with E-state index in [1.165, 1.54) is 18.3 Å². The van der Waals surface area contributed by atoms with Crippen molar-refractivity contribution in [2.45, 2.75) is 38.9 Å². The summed E-state index contributed by atoms with van der Waals surface area (Å²) in [5.41, 5.74) is 1.48. The highest BCUT2D eigenvalue weighted by molar-refractivity contribution is 9.10. The van der Waals surface area contributed by atoms with Gasteiger partial charge in [0.1, 0.15) is 5.82 Å². The summed E-state index contributed by atoms with van der Waals surface area (Å²) < 4.78 is 50.7. The molecule has 1 saturated heterocycles. The molecular weight excluding hydrogens is 517 g/mol. The number of hydrogen-bond donors (Lipinski definition) is 1. The highest BCUT2D eigenvalue weighted by atomic mass is 79.9. The van der Waals surface area contributed by atoms with Crippen LogP contribution in [0.3, 0.4) is 0 Å². The number of benzene rings is 1. The molecule has 2 heterocycles. The number of ether oxygens (including phenoxy) is 1. The Kier molecular flexibility index (Phi) is 8.43. The van der Waals surface area contributed by atoms with Gasteiger partial charge >= 0.3 is 0 Å². The molecular formula is C22H27BrFN3O5S. The van der Waals surface area contributed by atoms with E-state index in [0.29, 0.717) is 29.7 Å². The van der Waals surface area contributed by atoms with Gasteiger partial charge in [0.15, 0.2) is 6.61 Å². The van der Waals surface area contributed by atoms with Gasteiger partial charge in [0.05, 0.1) is 5.75 Å². The quantitative estimate of drug-likeness (QED) is 0.511. The van der Waals surface area contributed by atoms with Gasteiger partial charge in [-0.1, -0.05) is 12.1 Å². The highest BCUT2D eigenvalue weighted by Gasteiger charge is 2.32. The fourth-order valence-electron chi connectivity index (χ4n) is 3.82. The first-order valence-electron chi connectivity index (χ1n) is 10.5. The average molecular weight is 544 g/mol. The van der Waals surface area contributed by atoms with E-state index < -0.39 is 15.9 Å². The number of piperazine rings is 1. The highest BCUT2D eigenvalue weighted by Crippen LogP contribution is 2.22. The number of halogens is 2. The van der Waals surface area contributed by atoms with Crippen LogP contribution in [0.15, 0.2) is 41.0 Å².